The largest absolute Gasteiger partial charge is 0.390 e. The summed E-state index contributed by atoms with van der Waals surface area (Å²) in [4.78, 5) is 0. The molecule has 3 heteroatoms. The van der Waals surface area contributed by atoms with Crippen LogP contribution in [0.4, 0.5) is 4.39 Å². The first kappa shape index (κ1) is 15.0. The molecule has 106 valence electrons. The van der Waals surface area contributed by atoms with Crippen LogP contribution in [0.3, 0.4) is 0 Å². The van der Waals surface area contributed by atoms with Gasteiger partial charge in [-0.05, 0) is 64.7 Å². The monoisotopic (exact) mass is 328 g/mol. The Morgan fingerprint density at radius 3 is 2.84 bits per heavy atom. The van der Waals surface area contributed by atoms with E-state index in [0.717, 1.165) is 24.8 Å². The Kier molecular flexibility index (Phi) is 4.67. The Balaban J connectivity index is 2.09. The predicted octanol–water partition coefficient (Wildman–Crippen LogP) is 4.71. The highest BCUT2D eigenvalue weighted by atomic mass is 79.9. The highest BCUT2D eigenvalue weighted by Gasteiger charge is 2.35. The normalized spacial score (nSPS) is 27.8. The molecule has 0 aromatic heterocycles. The molecular weight excluding hydrogens is 307 g/mol. The summed E-state index contributed by atoms with van der Waals surface area (Å²) in [5.74, 6) is 0.967. The third-order valence-electron chi connectivity index (χ3n) is 4.32. The summed E-state index contributed by atoms with van der Waals surface area (Å²) in [5, 5.41) is 10.8. The molecule has 0 heterocycles. The summed E-state index contributed by atoms with van der Waals surface area (Å²) < 4.78 is 13.7. The minimum Gasteiger partial charge on any atom is -0.390 e. The van der Waals surface area contributed by atoms with Gasteiger partial charge in [0.05, 0.1) is 10.1 Å². The Bertz CT molecular complexity index is 446. The first-order chi connectivity index (χ1) is 8.89. The summed E-state index contributed by atoms with van der Waals surface area (Å²) in [6, 6.07) is 5.02. The Labute approximate surface area is 123 Å². The van der Waals surface area contributed by atoms with E-state index in [2.05, 4.69) is 29.8 Å². The molecule has 1 nitrogen and oxygen atoms in total. The maximum absolute atomic E-state index is 13.2. The van der Waals surface area contributed by atoms with Crippen molar-refractivity contribution in [3.05, 3.63) is 34.1 Å². The maximum Gasteiger partial charge on any atom is 0.137 e. The number of rotatable bonds is 3. The fourth-order valence-corrected chi connectivity index (χ4v) is 3.57. The zero-order chi connectivity index (χ0) is 14.0. The van der Waals surface area contributed by atoms with Crippen LogP contribution >= 0.6 is 15.9 Å². The lowest BCUT2D eigenvalue weighted by Gasteiger charge is -2.38. The molecule has 0 aliphatic heterocycles. The molecule has 0 bridgehead atoms. The number of hydrogen-bond acceptors (Lipinski definition) is 1. The summed E-state index contributed by atoms with van der Waals surface area (Å²) in [7, 11) is 0. The molecule has 1 fully saturated rings. The van der Waals surface area contributed by atoms with E-state index in [0.29, 0.717) is 22.7 Å². The molecule has 19 heavy (non-hydrogen) atoms. The third-order valence-corrected chi connectivity index (χ3v) is 4.93. The summed E-state index contributed by atoms with van der Waals surface area (Å²) >= 11 is 3.21. The topological polar surface area (TPSA) is 20.2 Å². The van der Waals surface area contributed by atoms with Crippen LogP contribution in [0, 0.1) is 17.7 Å². The molecule has 1 aliphatic carbocycles. The average Bonchev–Trinajstić information content (AvgIpc) is 2.33. The molecule has 2 unspecified atom stereocenters. The van der Waals surface area contributed by atoms with Crippen LogP contribution < -0.4 is 0 Å². The van der Waals surface area contributed by atoms with Gasteiger partial charge in [0.2, 0.25) is 0 Å². The first-order valence-electron chi connectivity index (χ1n) is 7.06. The molecule has 1 aromatic rings. The van der Waals surface area contributed by atoms with Crippen molar-refractivity contribution < 1.29 is 9.50 Å². The number of benzene rings is 1. The summed E-state index contributed by atoms with van der Waals surface area (Å²) in [6.45, 7) is 4.45. The zero-order valence-corrected chi connectivity index (χ0v) is 13.2. The molecule has 2 rings (SSSR count). The van der Waals surface area contributed by atoms with Gasteiger partial charge in [-0.2, -0.15) is 0 Å². The Morgan fingerprint density at radius 1 is 1.47 bits per heavy atom. The smallest absolute Gasteiger partial charge is 0.137 e. The first-order valence-corrected chi connectivity index (χ1v) is 7.85. The van der Waals surface area contributed by atoms with Crippen LogP contribution in [0.25, 0.3) is 0 Å². The van der Waals surface area contributed by atoms with Crippen molar-refractivity contribution in [2.75, 3.05) is 0 Å². The van der Waals surface area contributed by atoms with Gasteiger partial charge in [-0.15, -0.1) is 0 Å². The van der Waals surface area contributed by atoms with E-state index in [1.54, 1.807) is 12.1 Å². The quantitative estimate of drug-likeness (QED) is 0.852. The van der Waals surface area contributed by atoms with Crippen LogP contribution in [0.5, 0.6) is 0 Å². The number of halogens is 2. The molecule has 1 aromatic carbocycles. The molecule has 2 atom stereocenters. The van der Waals surface area contributed by atoms with Gasteiger partial charge < -0.3 is 5.11 Å². The van der Waals surface area contributed by atoms with Crippen LogP contribution in [0.15, 0.2) is 22.7 Å². The molecule has 1 N–H and O–H groups in total. The molecule has 0 spiro atoms. The van der Waals surface area contributed by atoms with E-state index in [9.17, 15) is 9.50 Å². The Morgan fingerprint density at radius 2 is 2.21 bits per heavy atom. The van der Waals surface area contributed by atoms with E-state index < -0.39 is 5.60 Å². The van der Waals surface area contributed by atoms with Crippen molar-refractivity contribution in [3.63, 3.8) is 0 Å². The van der Waals surface area contributed by atoms with E-state index in [-0.39, 0.29) is 5.82 Å². The van der Waals surface area contributed by atoms with Gasteiger partial charge in [-0.25, -0.2) is 4.39 Å². The minimum atomic E-state index is -0.621. The molecule has 1 aliphatic rings. The fourth-order valence-electron chi connectivity index (χ4n) is 3.14. The molecular formula is C16H22BrFO. The van der Waals surface area contributed by atoms with E-state index in [1.165, 1.54) is 12.5 Å². The molecule has 0 saturated heterocycles. The number of aliphatic hydroxyl groups is 1. The summed E-state index contributed by atoms with van der Waals surface area (Å²) in [6.07, 6.45) is 4.63. The van der Waals surface area contributed by atoms with Crippen molar-refractivity contribution in [1.82, 2.24) is 0 Å². The zero-order valence-electron chi connectivity index (χ0n) is 11.6. The van der Waals surface area contributed by atoms with Crippen molar-refractivity contribution in [3.8, 4) is 0 Å². The van der Waals surface area contributed by atoms with E-state index in [4.69, 9.17) is 0 Å². The van der Waals surface area contributed by atoms with Gasteiger partial charge in [0.15, 0.2) is 0 Å². The van der Waals surface area contributed by atoms with Gasteiger partial charge in [-0.1, -0.05) is 26.3 Å². The SMILES string of the molecule is CC(C)C1CCCC(O)(Cc2ccc(F)c(Br)c2)C1. The van der Waals surface area contributed by atoms with Gasteiger partial charge in [-0.3, -0.25) is 0 Å². The highest BCUT2D eigenvalue weighted by molar-refractivity contribution is 9.10. The fraction of sp³-hybridized carbons (Fsp3) is 0.625. The van der Waals surface area contributed by atoms with Crippen molar-refractivity contribution in [2.24, 2.45) is 11.8 Å². The third kappa shape index (κ3) is 3.79. The predicted molar refractivity (Wildman–Crippen MR) is 79.5 cm³/mol. The standard InChI is InChI=1S/C16H22BrFO/c1-11(2)13-4-3-7-16(19,10-13)9-12-5-6-15(18)14(17)8-12/h5-6,8,11,13,19H,3-4,7,9-10H2,1-2H3. The minimum absolute atomic E-state index is 0.251. The second-order valence-corrected chi connectivity index (χ2v) is 7.10. The Hall–Kier alpha value is -0.410. The average molecular weight is 329 g/mol. The van der Waals surface area contributed by atoms with Crippen molar-refractivity contribution in [2.45, 2.75) is 51.6 Å². The van der Waals surface area contributed by atoms with E-state index >= 15 is 0 Å². The maximum atomic E-state index is 13.2. The molecule has 1 saturated carbocycles. The number of hydrogen-bond donors (Lipinski definition) is 1. The lowest BCUT2D eigenvalue weighted by Crippen LogP contribution is -2.38. The van der Waals surface area contributed by atoms with Crippen LogP contribution in [-0.2, 0) is 6.42 Å². The van der Waals surface area contributed by atoms with Crippen LogP contribution in [0.1, 0.15) is 45.1 Å². The second kappa shape index (κ2) is 5.92. The van der Waals surface area contributed by atoms with Crippen LogP contribution in [0.2, 0.25) is 0 Å². The van der Waals surface area contributed by atoms with Gasteiger partial charge in [0, 0.05) is 6.42 Å². The molecule has 0 radical (unpaired) electrons. The highest BCUT2D eigenvalue weighted by Crippen LogP contribution is 2.38. The van der Waals surface area contributed by atoms with Crippen LogP contribution in [-0.4, -0.2) is 10.7 Å². The lowest BCUT2D eigenvalue weighted by atomic mass is 9.71. The molecule has 0 amide bonds. The lowest BCUT2D eigenvalue weighted by molar-refractivity contribution is -0.0239. The van der Waals surface area contributed by atoms with Gasteiger partial charge >= 0.3 is 0 Å². The van der Waals surface area contributed by atoms with Crippen molar-refractivity contribution >= 4 is 15.9 Å². The van der Waals surface area contributed by atoms with Gasteiger partial charge in [0.1, 0.15) is 5.82 Å². The van der Waals surface area contributed by atoms with Gasteiger partial charge in [0.25, 0.3) is 0 Å². The summed E-state index contributed by atoms with van der Waals surface area (Å²) in [5.41, 5.74) is 0.380. The van der Waals surface area contributed by atoms with Crippen molar-refractivity contribution in [1.29, 1.82) is 0 Å². The second-order valence-electron chi connectivity index (χ2n) is 6.25. The van der Waals surface area contributed by atoms with E-state index in [1.807, 2.05) is 0 Å².